The van der Waals surface area contributed by atoms with Crippen LogP contribution >= 0.6 is 0 Å². The monoisotopic (exact) mass is 376 g/mol. The van der Waals surface area contributed by atoms with Gasteiger partial charge >= 0.3 is 0 Å². The van der Waals surface area contributed by atoms with Gasteiger partial charge in [0.2, 0.25) is 0 Å². The summed E-state index contributed by atoms with van der Waals surface area (Å²) >= 11 is 0. The lowest BCUT2D eigenvalue weighted by Crippen LogP contribution is -2.38. The second kappa shape index (κ2) is 7.46. The number of furan rings is 1. The van der Waals surface area contributed by atoms with Gasteiger partial charge in [-0.2, -0.15) is 0 Å². The van der Waals surface area contributed by atoms with E-state index in [4.69, 9.17) is 14.4 Å². The van der Waals surface area contributed by atoms with Crippen LogP contribution in [0.5, 0.6) is 0 Å². The SMILES string of the molecule is CC(C)N(C)c1nc(-c2ccccc2)nc2c1CN(C(=O)c1ccco1)CC2. The zero-order valence-electron chi connectivity index (χ0n) is 16.4. The predicted octanol–water partition coefficient (Wildman–Crippen LogP) is 3.78. The summed E-state index contributed by atoms with van der Waals surface area (Å²) in [6, 6.07) is 13.7. The van der Waals surface area contributed by atoms with Crippen molar-refractivity contribution in [2.75, 3.05) is 18.5 Å². The van der Waals surface area contributed by atoms with Gasteiger partial charge in [-0.1, -0.05) is 30.3 Å². The summed E-state index contributed by atoms with van der Waals surface area (Å²) < 4.78 is 5.30. The molecule has 144 valence electrons. The number of hydrogen-bond acceptors (Lipinski definition) is 5. The first-order chi connectivity index (χ1) is 13.5. The van der Waals surface area contributed by atoms with Crippen molar-refractivity contribution in [3.8, 4) is 11.4 Å². The first-order valence-corrected chi connectivity index (χ1v) is 9.55. The summed E-state index contributed by atoms with van der Waals surface area (Å²) in [6.45, 7) is 5.36. The highest BCUT2D eigenvalue weighted by Gasteiger charge is 2.29. The highest BCUT2D eigenvalue weighted by Crippen LogP contribution is 2.30. The molecular formula is C22H24N4O2. The van der Waals surface area contributed by atoms with Crippen LogP contribution in [0, 0.1) is 0 Å². The van der Waals surface area contributed by atoms with E-state index in [9.17, 15) is 4.79 Å². The Labute approximate surface area is 164 Å². The molecule has 0 spiro atoms. The van der Waals surface area contributed by atoms with Crippen LogP contribution in [0.15, 0.2) is 53.1 Å². The molecule has 1 amide bonds. The lowest BCUT2D eigenvalue weighted by molar-refractivity contribution is 0.0701. The molecule has 0 radical (unpaired) electrons. The van der Waals surface area contributed by atoms with Crippen molar-refractivity contribution in [3.05, 3.63) is 65.7 Å². The summed E-state index contributed by atoms with van der Waals surface area (Å²) in [5, 5.41) is 0. The summed E-state index contributed by atoms with van der Waals surface area (Å²) in [5.74, 6) is 1.88. The van der Waals surface area contributed by atoms with Gasteiger partial charge in [0, 0.05) is 37.2 Å². The number of amides is 1. The van der Waals surface area contributed by atoms with Crippen LogP contribution in [0.2, 0.25) is 0 Å². The molecule has 0 saturated heterocycles. The summed E-state index contributed by atoms with van der Waals surface area (Å²) in [4.78, 5) is 26.4. The molecule has 1 aromatic carbocycles. The van der Waals surface area contributed by atoms with Gasteiger partial charge in [-0.05, 0) is 26.0 Å². The average molecular weight is 376 g/mol. The van der Waals surface area contributed by atoms with E-state index in [1.54, 1.807) is 12.1 Å². The molecule has 2 aromatic heterocycles. The standard InChI is InChI=1S/C22H24N4O2/c1-15(2)25(3)21-17-14-26(22(27)19-10-7-13-28-19)12-11-18(17)23-20(24-21)16-8-5-4-6-9-16/h4-10,13,15H,11-12,14H2,1-3H3. The number of nitrogens with zero attached hydrogens (tertiary/aromatic N) is 4. The Morgan fingerprint density at radius 2 is 1.93 bits per heavy atom. The van der Waals surface area contributed by atoms with Gasteiger partial charge in [0.05, 0.1) is 18.5 Å². The molecule has 0 fully saturated rings. The van der Waals surface area contributed by atoms with Crippen LogP contribution in [-0.2, 0) is 13.0 Å². The lowest BCUT2D eigenvalue weighted by atomic mass is 10.0. The normalized spacial score (nSPS) is 13.5. The number of anilines is 1. The van der Waals surface area contributed by atoms with Crippen molar-refractivity contribution in [1.82, 2.24) is 14.9 Å². The summed E-state index contributed by atoms with van der Waals surface area (Å²) in [7, 11) is 2.04. The number of hydrogen-bond donors (Lipinski definition) is 0. The molecule has 3 heterocycles. The second-order valence-electron chi connectivity index (χ2n) is 7.32. The molecule has 6 heteroatoms. The minimum absolute atomic E-state index is 0.0964. The molecule has 0 N–H and O–H groups in total. The molecule has 4 rings (SSSR count). The van der Waals surface area contributed by atoms with Crippen molar-refractivity contribution in [3.63, 3.8) is 0 Å². The maximum atomic E-state index is 12.8. The van der Waals surface area contributed by atoms with E-state index in [0.29, 0.717) is 25.3 Å². The van der Waals surface area contributed by atoms with Gasteiger partial charge in [-0.25, -0.2) is 9.97 Å². The Bertz CT molecular complexity index is 968. The van der Waals surface area contributed by atoms with E-state index < -0.39 is 0 Å². The Morgan fingerprint density at radius 3 is 2.61 bits per heavy atom. The van der Waals surface area contributed by atoms with Crippen molar-refractivity contribution in [2.45, 2.75) is 32.9 Å². The fraction of sp³-hybridized carbons (Fsp3) is 0.318. The van der Waals surface area contributed by atoms with E-state index in [1.165, 1.54) is 6.26 Å². The number of rotatable bonds is 4. The van der Waals surface area contributed by atoms with Gasteiger partial charge in [-0.3, -0.25) is 4.79 Å². The average Bonchev–Trinajstić information content (AvgIpc) is 3.27. The Kier molecular flexibility index (Phi) is 4.86. The molecule has 6 nitrogen and oxygen atoms in total. The minimum atomic E-state index is -0.0964. The molecule has 1 aliphatic heterocycles. The molecule has 0 unspecified atom stereocenters. The van der Waals surface area contributed by atoms with Gasteiger partial charge in [0.1, 0.15) is 5.82 Å². The largest absolute Gasteiger partial charge is 0.459 e. The first kappa shape index (κ1) is 18.2. The summed E-state index contributed by atoms with van der Waals surface area (Å²) in [5.41, 5.74) is 3.03. The van der Waals surface area contributed by atoms with E-state index in [1.807, 2.05) is 42.3 Å². The Morgan fingerprint density at radius 1 is 1.14 bits per heavy atom. The minimum Gasteiger partial charge on any atom is -0.459 e. The van der Waals surface area contributed by atoms with Gasteiger partial charge in [-0.15, -0.1) is 0 Å². The van der Waals surface area contributed by atoms with Crippen LogP contribution in [0.25, 0.3) is 11.4 Å². The van der Waals surface area contributed by atoms with E-state index in [-0.39, 0.29) is 11.9 Å². The number of benzene rings is 1. The maximum Gasteiger partial charge on any atom is 0.289 e. The molecule has 3 aromatic rings. The van der Waals surface area contributed by atoms with Crippen molar-refractivity contribution in [1.29, 1.82) is 0 Å². The molecule has 0 bridgehead atoms. The van der Waals surface area contributed by atoms with Crippen LogP contribution < -0.4 is 4.90 Å². The lowest BCUT2D eigenvalue weighted by Gasteiger charge is -2.32. The third kappa shape index (κ3) is 3.38. The fourth-order valence-corrected chi connectivity index (χ4v) is 3.38. The number of carbonyl (C=O) groups excluding carboxylic acids is 1. The van der Waals surface area contributed by atoms with Crippen LogP contribution in [0.3, 0.4) is 0 Å². The van der Waals surface area contributed by atoms with E-state index in [0.717, 1.165) is 28.5 Å². The molecular weight excluding hydrogens is 352 g/mol. The molecule has 0 aliphatic carbocycles. The molecule has 28 heavy (non-hydrogen) atoms. The smallest absolute Gasteiger partial charge is 0.289 e. The first-order valence-electron chi connectivity index (χ1n) is 9.55. The van der Waals surface area contributed by atoms with Gasteiger partial charge < -0.3 is 14.2 Å². The van der Waals surface area contributed by atoms with Crippen LogP contribution in [0.4, 0.5) is 5.82 Å². The number of fused-ring (bicyclic) bond motifs is 1. The maximum absolute atomic E-state index is 12.8. The van der Waals surface area contributed by atoms with Crippen molar-refractivity contribution >= 4 is 11.7 Å². The Hall–Kier alpha value is -3.15. The van der Waals surface area contributed by atoms with E-state index >= 15 is 0 Å². The van der Waals surface area contributed by atoms with Crippen molar-refractivity contribution < 1.29 is 9.21 Å². The van der Waals surface area contributed by atoms with E-state index in [2.05, 4.69) is 18.7 Å². The van der Waals surface area contributed by atoms with Gasteiger partial charge in [0.25, 0.3) is 5.91 Å². The third-order valence-corrected chi connectivity index (χ3v) is 5.20. The summed E-state index contributed by atoms with van der Waals surface area (Å²) in [6.07, 6.45) is 2.22. The predicted molar refractivity (Wildman–Crippen MR) is 108 cm³/mol. The number of aromatic nitrogens is 2. The highest BCUT2D eigenvalue weighted by molar-refractivity contribution is 5.91. The molecule has 0 saturated carbocycles. The molecule has 0 atom stereocenters. The topological polar surface area (TPSA) is 62.5 Å². The van der Waals surface area contributed by atoms with Crippen molar-refractivity contribution in [2.24, 2.45) is 0 Å². The second-order valence-corrected chi connectivity index (χ2v) is 7.32. The number of carbonyl (C=O) groups is 1. The van der Waals surface area contributed by atoms with Crippen LogP contribution in [0.1, 0.15) is 35.7 Å². The van der Waals surface area contributed by atoms with Gasteiger partial charge in [0.15, 0.2) is 11.6 Å². The molecule has 1 aliphatic rings. The third-order valence-electron chi connectivity index (χ3n) is 5.20. The Balaban J connectivity index is 1.74. The zero-order valence-corrected chi connectivity index (χ0v) is 16.4. The zero-order chi connectivity index (χ0) is 19.7. The van der Waals surface area contributed by atoms with Crippen LogP contribution in [-0.4, -0.2) is 40.4 Å². The quantitative estimate of drug-likeness (QED) is 0.693. The highest BCUT2D eigenvalue weighted by atomic mass is 16.3. The fourth-order valence-electron chi connectivity index (χ4n) is 3.38.